The lowest BCUT2D eigenvalue weighted by Crippen LogP contribution is -2.30. The number of halogens is 3. The van der Waals surface area contributed by atoms with Crippen molar-refractivity contribution in [2.45, 2.75) is 214 Å². The van der Waals surface area contributed by atoms with E-state index in [4.69, 9.17) is 9.47 Å². The number of alkyl halides is 3. The van der Waals surface area contributed by atoms with Crippen LogP contribution in [0.15, 0.2) is 93.5 Å². The Morgan fingerprint density at radius 3 is 0.984 bits per heavy atom. The van der Waals surface area contributed by atoms with E-state index in [-0.39, 0.29) is 0 Å². The van der Waals surface area contributed by atoms with Gasteiger partial charge in [-0.25, -0.2) is 0 Å². The zero-order chi connectivity index (χ0) is 43.9. The van der Waals surface area contributed by atoms with Crippen molar-refractivity contribution >= 4 is 20.4 Å². The lowest BCUT2D eigenvalue weighted by Gasteiger charge is -2.35. The van der Waals surface area contributed by atoms with Crippen molar-refractivity contribution < 1.29 is 34.7 Å². The first-order chi connectivity index (χ1) is 29.6. The van der Waals surface area contributed by atoms with E-state index in [1.54, 1.807) is 78.9 Å². The molecule has 0 saturated carbocycles. The van der Waals surface area contributed by atoms with Crippen LogP contribution in [-0.2, 0) is 10.1 Å². The third-order valence-corrected chi connectivity index (χ3v) is 16.6. The van der Waals surface area contributed by atoms with Crippen LogP contribution in [0.2, 0.25) is 0 Å². The van der Waals surface area contributed by atoms with Crippen molar-refractivity contribution in [3.63, 3.8) is 0 Å². The summed E-state index contributed by atoms with van der Waals surface area (Å²) in [6.07, 6.45) is 35.5. The molecule has 1 N–H and O–H groups in total. The molecule has 0 spiro atoms. The largest absolute Gasteiger partial charge is 0.572 e. The summed E-state index contributed by atoms with van der Waals surface area (Å²) in [6, 6.07) is 21.8. The average molecular weight is 894 g/mol. The predicted octanol–water partition coefficient (Wildman–Crippen LogP) is 17.5. The fourth-order valence-electron chi connectivity index (χ4n) is 7.78. The standard InChI is InChI=1S/C51H79F3O5S2/c1-3-5-7-9-11-13-15-17-19-21-23-25-27-32-44-57-46-36-40-49(41-37-46)60(48-34-30-29-31-35-48,59-61(55,56)51(52,53)54)50-42-38-47(39-43-50)58-45-33-28-26-24-22-20-18-16-14-12-10-8-6-4-2/h29-31,34-43H,3-28,32-33,44-45H2,1-2H3/p+1. The molecule has 0 atom stereocenters. The molecule has 0 radical (unpaired) electrons. The lowest BCUT2D eigenvalue weighted by molar-refractivity contribution is -0.0540. The number of ether oxygens (including phenoxy) is 2. The van der Waals surface area contributed by atoms with Crippen LogP contribution in [0.1, 0.15) is 194 Å². The van der Waals surface area contributed by atoms with E-state index in [2.05, 4.69) is 17.5 Å². The van der Waals surface area contributed by atoms with Gasteiger partial charge >= 0.3 is 15.6 Å². The van der Waals surface area contributed by atoms with Gasteiger partial charge in [0.2, 0.25) is 0 Å². The Morgan fingerprint density at radius 2 is 0.689 bits per heavy atom. The van der Waals surface area contributed by atoms with Gasteiger partial charge in [-0.15, -0.1) is 8.42 Å². The summed E-state index contributed by atoms with van der Waals surface area (Å²) < 4.78 is 84.0. The molecule has 3 aromatic rings. The molecule has 0 fully saturated rings. The molecule has 0 aliphatic heterocycles. The van der Waals surface area contributed by atoms with Crippen molar-refractivity contribution in [1.29, 1.82) is 0 Å². The number of hydrogen-bond donors (Lipinski definition) is 0. The molecule has 346 valence electrons. The number of hydrogen-bond acceptors (Lipinski definition) is 4. The lowest BCUT2D eigenvalue weighted by atomic mass is 10.0. The summed E-state index contributed by atoms with van der Waals surface area (Å²) >= 11 is 0. The molecule has 0 heterocycles. The van der Waals surface area contributed by atoms with Gasteiger partial charge in [-0.3, -0.25) is 3.63 Å². The second-order valence-corrected chi connectivity index (χ2v) is 21.3. The highest BCUT2D eigenvalue weighted by atomic mass is 32.3. The fraction of sp³-hybridized carbons (Fsp3) is 0.647. The Hall–Kier alpha value is -2.69. The zero-order valence-electron chi connectivity index (χ0n) is 37.7. The molecular weight excluding hydrogens is 814 g/mol. The molecule has 0 aliphatic rings. The van der Waals surface area contributed by atoms with Gasteiger partial charge in [0, 0.05) is 0 Å². The highest BCUT2D eigenvalue weighted by molar-refractivity contribution is 8.32. The topological polar surface area (TPSA) is 65.4 Å². The van der Waals surface area contributed by atoms with Crippen LogP contribution in [-0.4, -0.2) is 30.8 Å². The maximum absolute atomic E-state index is 14.1. The van der Waals surface area contributed by atoms with Crippen molar-refractivity contribution in [3.8, 4) is 11.5 Å². The Morgan fingerprint density at radius 1 is 0.410 bits per heavy atom. The SMILES string of the molecule is CCCCCCCCCCCCCCCCOc1ccc(S([OH+]S(=O)(=O)C(F)(F)F)(c2ccccc2)c2ccc(OCCCCCCCCCCCCCCCC)cc2)cc1. The summed E-state index contributed by atoms with van der Waals surface area (Å²) in [6.45, 7) is 5.57. The van der Waals surface area contributed by atoms with E-state index in [1.165, 1.54) is 154 Å². The molecule has 3 rings (SSSR count). The number of unbranched alkanes of at least 4 members (excludes halogenated alkanes) is 26. The van der Waals surface area contributed by atoms with E-state index in [1.807, 2.05) is 0 Å². The van der Waals surface area contributed by atoms with Crippen molar-refractivity contribution in [2.24, 2.45) is 0 Å². The Balaban J connectivity index is 1.54. The van der Waals surface area contributed by atoms with E-state index in [0.29, 0.717) is 39.4 Å². The van der Waals surface area contributed by atoms with Gasteiger partial charge in [-0.1, -0.05) is 199 Å². The fourth-order valence-corrected chi connectivity index (χ4v) is 12.8. The Bertz CT molecular complexity index is 1540. The summed E-state index contributed by atoms with van der Waals surface area (Å²) in [4.78, 5) is 1.08. The highest BCUT2D eigenvalue weighted by Gasteiger charge is 2.58. The third kappa shape index (κ3) is 20.6. The van der Waals surface area contributed by atoms with Gasteiger partial charge in [-0.05, 0) is 73.5 Å². The van der Waals surface area contributed by atoms with Gasteiger partial charge in [0.05, 0.1) is 38.2 Å². The normalized spacial score (nSPS) is 12.5. The van der Waals surface area contributed by atoms with Crippen LogP contribution in [0.25, 0.3) is 0 Å². The minimum atomic E-state index is -5.90. The molecule has 0 unspecified atom stereocenters. The minimum absolute atomic E-state index is 0.353. The molecule has 0 saturated heterocycles. The third-order valence-electron chi connectivity index (χ3n) is 11.4. The summed E-state index contributed by atoms with van der Waals surface area (Å²) in [7, 11) is -9.20. The van der Waals surface area contributed by atoms with E-state index in [0.717, 1.165) is 25.7 Å². The minimum Gasteiger partial charge on any atom is -0.494 e. The summed E-state index contributed by atoms with van der Waals surface area (Å²) in [5, 5.41) is 0. The van der Waals surface area contributed by atoms with Crippen LogP contribution in [0.4, 0.5) is 13.2 Å². The van der Waals surface area contributed by atoms with Crippen LogP contribution < -0.4 is 9.47 Å². The molecule has 61 heavy (non-hydrogen) atoms. The first-order valence-electron chi connectivity index (χ1n) is 24.0. The molecule has 0 aliphatic carbocycles. The zero-order valence-corrected chi connectivity index (χ0v) is 39.4. The number of benzene rings is 3. The molecular formula is C51H80F3O5S2+. The van der Waals surface area contributed by atoms with Crippen LogP contribution in [0.3, 0.4) is 0 Å². The Labute approximate surface area is 371 Å². The maximum Gasteiger partial charge on any atom is 0.572 e. The smallest absolute Gasteiger partial charge is 0.494 e. The van der Waals surface area contributed by atoms with Gasteiger partial charge in [0.15, 0.2) is 0 Å². The van der Waals surface area contributed by atoms with Gasteiger partial charge in [0.1, 0.15) is 11.5 Å². The van der Waals surface area contributed by atoms with E-state index >= 15 is 0 Å². The molecule has 0 aromatic heterocycles. The molecule has 0 amide bonds. The molecule has 0 bridgehead atoms. The first kappa shape index (κ1) is 52.7. The first-order valence-corrected chi connectivity index (χ1v) is 27.1. The van der Waals surface area contributed by atoms with Crippen LogP contribution in [0, 0.1) is 0 Å². The summed E-state index contributed by atoms with van der Waals surface area (Å²) in [5.41, 5.74) is -5.56. The van der Waals surface area contributed by atoms with E-state index < -0.39 is 25.9 Å². The summed E-state index contributed by atoms with van der Waals surface area (Å²) in [5.74, 6) is 1.15. The van der Waals surface area contributed by atoms with Gasteiger partial charge in [-0.2, -0.15) is 13.2 Å². The second-order valence-electron chi connectivity index (χ2n) is 16.7. The monoisotopic (exact) mass is 894 g/mol. The Kier molecular flexibility index (Phi) is 26.9. The van der Waals surface area contributed by atoms with E-state index in [9.17, 15) is 21.6 Å². The van der Waals surface area contributed by atoms with Crippen molar-refractivity contribution in [1.82, 2.24) is 0 Å². The van der Waals surface area contributed by atoms with Crippen molar-refractivity contribution in [2.75, 3.05) is 13.2 Å². The molecule has 5 nitrogen and oxygen atoms in total. The van der Waals surface area contributed by atoms with Gasteiger partial charge in [0.25, 0.3) is 0 Å². The number of rotatable bonds is 37. The van der Waals surface area contributed by atoms with Crippen molar-refractivity contribution in [3.05, 3.63) is 78.9 Å². The molecule has 10 heteroatoms. The highest BCUT2D eigenvalue weighted by Crippen LogP contribution is 2.69. The van der Waals surface area contributed by atoms with Crippen LogP contribution in [0.5, 0.6) is 11.5 Å². The van der Waals surface area contributed by atoms with Gasteiger partial charge < -0.3 is 9.47 Å². The molecule has 3 aromatic carbocycles. The quantitative estimate of drug-likeness (QED) is 0.0250. The average Bonchev–Trinajstić information content (AvgIpc) is 3.26. The second kappa shape index (κ2) is 31.2. The van der Waals surface area contributed by atoms with Crippen LogP contribution >= 0.6 is 10.3 Å². The maximum atomic E-state index is 14.1. The predicted molar refractivity (Wildman–Crippen MR) is 251 cm³/mol.